The van der Waals surface area contributed by atoms with Crippen LogP contribution in [0.2, 0.25) is 10.0 Å². The van der Waals surface area contributed by atoms with E-state index >= 15 is 0 Å². The largest absolute Gasteiger partial charge is 0.353 e. The number of amides is 3. The number of para-hydroxylation sites is 5. The molecular formula is C118H89Cl2F6N13O3. The zero-order chi connectivity index (χ0) is 98.3. The summed E-state index contributed by atoms with van der Waals surface area (Å²) in [6.07, 6.45) is 1.97. The minimum absolute atomic E-state index is 0.110. The molecule has 0 radical (unpaired) electrons. The van der Waals surface area contributed by atoms with Gasteiger partial charge >= 0.3 is 0 Å². The third kappa shape index (κ3) is 22.4. The predicted molar refractivity (Wildman–Crippen MR) is 561 cm³/mol. The van der Waals surface area contributed by atoms with E-state index in [9.17, 15) is 40.7 Å². The first kappa shape index (κ1) is 95.0. The Bertz CT molecular complexity index is 7760. The number of hydrogen-bond acceptors (Lipinski definition) is 13. The van der Waals surface area contributed by atoms with E-state index in [1.165, 1.54) is 72.8 Å². The van der Waals surface area contributed by atoms with Crippen LogP contribution in [0, 0.1) is 34.9 Å². The van der Waals surface area contributed by atoms with Crippen LogP contribution in [0.5, 0.6) is 0 Å². The molecule has 0 saturated heterocycles. The molecule has 17 aromatic rings. The van der Waals surface area contributed by atoms with Crippen molar-refractivity contribution >= 4 is 155 Å². The van der Waals surface area contributed by atoms with Crippen LogP contribution >= 0.6 is 23.2 Å². The summed E-state index contributed by atoms with van der Waals surface area (Å²) in [6, 6.07) is 114. The van der Waals surface area contributed by atoms with E-state index in [-0.39, 0.29) is 65.2 Å². The Labute approximate surface area is 826 Å². The molecular weight excluding hydrogens is 1830 g/mol. The van der Waals surface area contributed by atoms with Gasteiger partial charge in [-0.1, -0.05) is 170 Å². The van der Waals surface area contributed by atoms with Gasteiger partial charge in [-0.05, 0) is 279 Å². The second-order valence-corrected chi connectivity index (χ2v) is 34.5. The first-order valence-corrected chi connectivity index (χ1v) is 46.6. The number of fused-ring (bicyclic) bond motifs is 10. The molecule has 1 atom stereocenters. The van der Waals surface area contributed by atoms with Gasteiger partial charge in [-0.2, -0.15) is 0 Å². The Morgan fingerprint density at radius 3 is 1.00 bits per heavy atom. The SMILES string of the molecule is CC(NC(=O)c1ccc2c(c1)N=C(c1ccc(F)cc1)c1ccccc1N2)c1ccccc1.CCCCNC(=O)c1ccc2c(c1)N=C(c1ccc(F)cc1)c1ccccc1N2.CN1c2ccc(Cl)cc2N=C(c2ccc(F)cc2)c2ccccc21.Fc1ccc(C2=Nc3cc(Cl)ccc3Nc3ccccc32)cc1.O=C(NCc1ccc(F)cc1)c1ccc2c(c1)N=C(c1ccc(F)cc1)c1ccccc1N2. The van der Waals surface area contributed by atoms with Gasteiger partial charge in [0.2, 0.25) is 0 Å². The first-order valence-electron chi connectivity index (χ1n) is 45.8. The Hall–Kier alpha value is -17.3. The number of halogens is 8. The molecule has 0 aliphatic carbocycles. The second kappa shape index (κ2) is 43.6. The minimum atomic E-state index is -0.320. The Kier molecular flexibility index (Phi) is 29.1. The molecule has 5 aliphatic rings. The van der Waals surface area contributed by atoms with Crippen LogP contribution in [0.4, 0.5) is 112 Å². The summed E-state index contributed by atoms with van der Waals surface area (Å²) < 4.78 is 80.2. The monoisotopic (exact) mass is 1920 g/mol. The summed E-state index contributed by atoms with van der Waals surface area (Å²) >= 11 is 12.3. The fourth-order valence-corrected chi connectivity index (χ4v) is 16.9. The maximum atomic E-state index is 13.5. The number of carbonyl (C=O) groups excluding carboxylic acids is 3. The zero-order valence-electron chi connectivity index (χ0n) is 76.8. The van der Waals surface area contributed by atoms with Gasteiger partial charge in [0, 0.05) is 125 Å². The quantitative estimate of drug-likeness (QED) is 0.0388. The topological polar surface area (TPSA) is 200 Å². The molecule has 3 amide bonds. The number of unbranched alkanes of at least 4 members (excludes halogenated alkanes) is 1. The summed E-state index contributed by atoms with van der Waals surface area (Å²) in [6.45, 7) is 4.98. The number of aliphatic imine (C=N–C) groups is 5. The number of nitrogens with one attached hydrogen (secondary N) is 7. The molecule has 16 nitrogen and oxygen atoms in total. The fourth-order valence-electron chi connectivity index (χ4n) is 16.6. The van der Waals surface area contributed by atoms with Gasteiger partial charge < -0.3 is 42.1 Å². The van der Waals surface area contributed by atoms with Gasteiger partial charge in [0.25, 0.3) is 17.7 Å². The molecule has 24 heteroatoms. The molecule has 22 rings (SSSR count). The third-order valence-corrected chi connectivity index (χ3v) is 24.4. The van der Waals surface area contributed by atoms with Crippen LogP contribution < -0.4 is 42.1 Å². The standard InChI is InChI=1S/C28H22FN3O.C27H19F2N3O.C24H22FN3O.C20H14ClFN2.C19H12ClFN2/c1-18(19-7-3-2-4-8-19)30-28(33)21-13-16-25-26(17-21)32-27(20-11-14-22(29)15-12-20)23-9-5-6-10-24(23)31-25;28-20-10-5-17(6-11-20)16-30-27(33)19-9-14-24-25(15-19)32-26(18-7-12-21(29)13-8-18)22-3-1-2-4-23(22)31-24;1-2-3-14-26-24(29)17-10-13-21-22(15-17)28-23(16-8-11-18(25)12-9-16)19-6-4-5-7-20(19)27-21;1-24-18-5-3-2-4-16(18)20(13-6-9-15(22)10-7-13)23-17-12-14(21)8-11-19(17)24;20-13-7-10-17-18(11-13)23-19(12-5-8-14(21)9-6-12)15-3-1-2-4-16(15)22-17/h2-18,31H,1H3,(H,30,33);1-15,31H,16H2,(H,30,33);4-13,15,27H,2-3,14H2,1H3,(H,26,29);2-12H,1H3;1-11,22H. The van der Waals surface area contributed by atoms with Crippen molar-refractivity contribution in [3.63, 3.8) is 0 Å². The lowest BCUT2D eigenvalue weighted by Crippen LogP contribution is -2.26. The second-order valence-electron chi connectivity index (χ2n) is 33.6. The molecule has 0 saturated carbocycles. The lowest BCUT2D eigenvalue weighted by molar-refractivity contribution is 0.0934. The molecule has 700 valence electrons. The van der Waals surface area contributed by atoms with E-state index in [1.54, 1.807) is 109 Å². The van der Waals surface area contributed by atoms with Crippen molar-refractivity contribution in [3.05, 3.63) is 517 Å². The van der Waals surface area contributed by atoms with Crippen molar-refractivity contribution < 1.29 is 40.7 Å². The van der Waals surface area contributed by atoms with Crippen LogP contribution in [-0.2, 0) is 6.54 Å². The fraction of sp³-hybridized carbons (Fsp3) is 0.0678. The van der Waals surface area contributed by atoms with Crippen molar-refractivity contribution in [2.24, 2.45) is 25.0 Å². The number of carbonyl (C=O) groups is 3. The maximum Gasteiger partial charge on any atom is 0.251 e. The van der Waals surface area contributed by atoms with Crippen LogP contribution in [0.3, 0.4) is 0 Å². The molecule has 17 aromatic carbocycles. The summed E-state index contributed by atoms with van der Waals surface area (Å²) in [7, 11) is 2.01. The number of nitrogens with zero attached hydrogens (tertiary/aromatic N) is 6. The van der Waals surface area contributed by atoms with Crippen molar-refractivity contribution in [2.45, 2.75) is 39.3 Å². The van der Waals surface area contributed by atoms with E-state index in [4.69, 9.17) is 48.2 Å². The molecule has 5 aliphatic heterocycles. The Balaban J connectivity index is 0.000000118. The average molecular weight is 1920 g/mol. The number of benzene rings is 17. The smallest absolute Gasteiger partial charge is 0.251 e. The van der Waals surface area contributed by atoms with Crippen LogP contribution in [0.15, 0.2) is 413 Å². The first-order chi connectivity index (χ1) is 69.1. The summed E-state index contributed by atoms with van der Waals surface area (Å²) in [5.74, 6) is -2.30. The Morgan fingerprint density at radius 1 is 0.310 bits per heavy atom. The van der Waals surface area contributed by atoms with E-state index in [1.807, 2.05) is 214 Å². The van der Waals surface area contributed by atoms with Gasteiger partial charge in [-0.15, -0.1) is 0 Å². The van der Waals surface area contributed by atoms with E-state index in [0.29, 0.717) is 61.8 Å². The highest BCUT2D eigenvalue weighted by molar-refractivity contribution is 6.32. The van der Waals surface area contributed by atoms with Gasteiger partial charge in [-0.3, -0.25) is 14.4 Å². The number of anilines is 10. The van der Waals surface area contributed by atoms with E-state index < -0.39 is 0 Å². The van der Waals surface area contributed by atoms with Crippen LogP contribution in [0.25, 0.3) is 0 Å². The summed E-state index contributed by atoms with van der Waals surface area (Å²) in [5, 5.41) is 23.7. The molecule has 0 fully saturated rings. The molecule has 1 unspecified atom stereocenters. The average Bonchev–Trinajstić information content (AvgIpc) is 1.62. The zero-order valence-corrected chi connectivity index (χ0v) is 78.3. The van der Waals surface area contributed by atoms with Crippen molar-refractivity contribution in [1.29, 1.82) is 0 Å². The highest BCUT2D eigenvalue weighted by Gasteiger charge is 2.28. The van der Waals surface area contributed by atoms with Gasteiger partial charge in [0.05, 0.1) is 97.2 Å². The highest BCUT2D eigenvalue weighted by Crippen LogP contribution is 2.45. The molecule has 5 heterocycles. The molecule has 0 aromatic heterocycles. The van der Waals surface area contributed by atoms with Crippen LogP contribution in [-0.4, -0.2) is 59.9 Å². The third-order valence-electron chi connectivity index (χ3n) is 23.9. The summed E-state index contributed by atoms with van der Waals surface area (Å²) in [5.41, 5.74) is 28.2. The lowest BCUT2D eigenvalue weighted by atomic mass is 10.0. The molecule has 142 heavy (non-hydrogen) atoms. The van der Waals surface area contributed by atoms with Crippen molar-refractivity contribution in [3.8, 4) is 0 Å². The lowest BCUT2D eigenvalue weighted by Gasteiger charge is -2.21. The molecule has 0 spiro atoms. The summed E-state index contributed by atoms with van der Waals surface area (Å²) in [4.78, 5) is 64.6. The van der Waals surface area contributed by atoms with Gasteiger partial charge in [-0.25, -0.2) is 51.3 Å². The molecule has 7 N–H and O–H groups in total. The van der Waals surface area contributed by atoms with Gasteiger partial charge in [0.15, 0.2) is 0 Å². The van der Waals surface area contributed by atoms with E-state index in [2.05, 4.69) is 55.1 Å². The maximum absolute atomic E-state index is 13.5. The highest BCUT2D eigenvalue weighted by atomic mass is 35.5. The van der Waals surface area contributed by atoms with E-state index in [0.717, 1.165) is 165 Å². The number of hydrogen-bond donors (Lipinski definition) is 7. The van der Waals surface area contributed by atoms with Gasteiger partial charge in [0.1, 0.15) is 34.9 Å². The minimum Gasteiger partial charge on any atom is -0.353 e. The van der Waals surface area contributed by atoms with Crippen LogP contribution in [0.1, 0.15) is 131 Å². The predicted octanol–water partition coefficient (Wildman–Crippen LogP) is 29.7. The number of rotatable bonds is 15. The normalized spacial score (nSPS) is 12.5. The molecule has 0 bridgehead atoms. The van der Waals surface area contributed by atoms with Crippen molar-refractivity contribution in [1.82, 2.24) is 16.0 Å². The Morgan fingerprint density at radius 2 is 0.613 bits per heavy atom. The van der Waals surface area contributed by atoms with Crippen molar-refractivity contribution in [2.75, 3.05) is 39.8 Å².